The SMILES string of the molecule is N[C@@H]1CCCC[C@H]1NC(=NCc1cc(C(F)(F)F)cc(C(F)(F)F)c1)C1=C(O)c2ccccc2C1=O. The molecule has 2 aromatic carbocycles. The normalized spacial score (nSPS) is 21.1. The predicted octanol–water partition coefficient (Wildman–Crippen LogP) is 5.65. The van der Waals surface area contributed by atoms with E-state index >= 15 is 0 Å². The highest BCUT2D eigenvalue weighted by Crippen LogP contribution is 2.37. The van der Waals surface area contributed by atoms with Gasteiger partial charge in [-0.1, -0.05) is 37.1 Å². The van der Waals surface area contributed by atoms with E-state index in [0.29, 0.717) is 25.0 Å². The highest BCUT2D eigenvalue weighted by atomic mass is 19.4. The van der Waals surface area contributed by atoms with Gasteiger partial charge in [0.2, 0.25) is 5.78 Å². The Bertz CT molecular complexity index is 1200. The van der Waals surface area contributed by atoms with Gasteiger partial charge in [-0.2, -0.15) is 26.3 Å². The molecule has 0 amide bonds. The Morgan fingerprint density at radius 3 is 2.11 bits per heavy atom. The summed E-state index contributed by atoms with van der Waals surface area (Å²) in [5, 5.41) is 13.8. The summed E-state index contributed by atoms with van der Waals surface area (Å²) in [6, 6.07) is 6.82. The van der Waals surface area contributed by atoms with E-state index in [-0.39, 0.29) is 52.0 Å². The first-order chi connectivity index (χ1) is 16.9. The molecular weight excluding hydrogens is 488 g/mol. The van der Waals surface area contributed by atoms with Crippen LogP contribution in [0.25, 0.3) is 5.76 Å². The molecule has 4 rings (SSSR count). The quantitative estimate of drug-likeness (QED) is 0.281. The standard InChI is InChI=1S/C25H23F6N3O2/c26-24(27,28)14-9-13(10-15(11-14)25(29,30)31)12-33-23(34-19-8-4-3-7-18(19)32)20-21(35)16-5-1-2-6-17(16)22(20)36/h1-2,5-6,9-11,18-19,35H,3-4,7-8,12,32H2,(H,33,34)/t18-,19-/m1/s1. The van der Waals surface area contributed by atoms with Gasteiger partial charge in [0.1, 0.15) is 17.2 Å². The summed E-state index contributed by atoms with van der Waals surface area (Å²) in [6.07, 6.45) is -6.96. The number of halogens is 6. The van der Waals surface area contributed by atoms with Crippen LogP contribution in [0.3, 0.4) is 0 Å². The van der Waals surface area contributed by atoms with Crippen molar-refractivity contribution in [2.75, 3.05) is 0 Å². The molecule has 5 nitrogen and oxygen atoms in total. The van der Waals surface area contributed by atoms with Gasteiger partial charge in [-0.05, 0) is 36.6 Å². The van der Waals surface area contributed by atoms with Gasteiger partial charge >= 0.3 is 12.4 Å². The number of rotatable bonds is 4. The second-order valence-corrected chi connectivity index (χ2v) is 8.88. The molecule has 2 aromatic rings. The molecule has 0 saturated heterocycles. The lowest BCUT2D eigenvalue weighted by Gasteiger charge is -2.30. The Hall–Kier alpha value is -3.34. The number of carbonyl (C=O) groups is 1. The fourth-order valence-corrected chi connectivity index (χ4v) is 4.48. The minimum absolute atomic E-state index is 0.0406. The van der Waals surface area contributed by atoms with Gasteiger partial charge in [-0.3, -0.25) is 9.79 Å². The zero-order valence-corrected chi connectivity index (χ0v) is 18.9. The summed E-state index contributed by atoms with van der Waals surface area (Å²) in [7, 11) is 0. The molecule has 192 valence electrons. The lowest BCUT2D eigenvalue weighted by Crippen LogP contribution is -2.50. The van der Waals surface area contributed by atoms with E-state index in [0.717, 1.165) is 12.8 Å². The Labute approximate surface area is 202 Å². The molecule has 1 saturated carbocycles. The number of hydrogen-bond donors (Lipinski definition) is 3. The van der Waals surface area contributed by atoms with E-state index in [1.165, 1.54) is 12.1 Å². The van der Waals surface area contributed by atoms with Crippen molar-refractivity contribution in [1.29, 1.82) is 0 Å². The summed E-state index contributed by atoms with van der Waals surface area (Å²) < 4.78 is 79.6. The van der Waals surface area contributed by atoms with E-state index in [2.05, 4.69) is 10.3 Å². The monoisotopic (exact) mass is 511 g/mol. The van der Waals surface area contributed by atoms with Crippen LogP contribution in [-0.4, -0.2) is 28.8 Å². The Kier molecular flexibility index (Phi) is 6.87. The molecule has 0 spiro atoms. The molecule has 0 aliphatic heterocycles. The number of hydrogen-bond acceptors (Lipinski definition) is 4. The van der Waals surface area contributed by atoms with Crippen LogP contribution in [-0.2, 0) is 18.9 Å². The summed E-state index contributed by atoms with van der Waals surface area (Å²) in [4.78, 5) is 17.3. The smallest absolute Gasteiger partial charge is 0.416 e. The summed E-state index contributed by atoms with van der Waals surface area (Å²) in [5.74, 6) is -1.05. The molecule has 0 radical (unpaired) electrons. The largest absolute Gasteiger partial charge is 0.506 e. The van der Waals surface area contributed by atoms with Crippen molar-refractivity contribution in [1.82, 2.24) is 5.32 Å². The van der Waals surface area contributed by atoms with Crippen molar-refractivity contribution in [2.24, 2.45) is 10.7 Å². The molecule has 4 N–H and O–H groups in total. The van der Waals surface area contributed by atoms with Gasteiger partial charge in [0.25, 0.3) is 0 Å². The Morgan fingerprint density at radius 1 is 0.972 bits per heavy atom. The van der Waals surface area contributed by atoms with Crippen LogP contribution in [0.1, 0.15) is 58.3 Å². The third kappa shape index (κ3) is 5.25. The Morgan fingerprint density at radius 2 is 1.56 bits per heavy atom. The Balaban J connectivity index is 1.76. The molecule has 1 fully saturated rings. The second-order valence-electron chi connectivity index (χ2n) is 8.88. The molecule has 11 heteroatoms. The van der Waals surface area contributed by atoms with E-state index in [1.54, 1.807) is 12.1 Å². The third-order valence-corrected chi connectivity index (χ3v) is 6.34. The zero-order chi connectivity index (χ0) is 26.3. The maximum absolute atomic E-state index is 13.3. The van der Waals surface area contributed by atoms with Crippen molar-refractivity contribution < 1.29 is 36.2 Å². The van der Waals surface area contributed by atoms with Crippen LogP contribution in [0.15, 0.2) is 53.0 Å². The minimum Gasteiger partial charge on any atom is -0.506 e. The van der Waals surface area contributed by atoms with E-state index in [9.17, 15) is 36.2 Å². The number of aliphatic imine (C=N–C) groups is 1. The van der Waals surface area contributed by atoms with Crippen molar-refractivity contribution in [3.63, 3.8) is 0 Å². The van der Waals surface area contributed by atoms with Crippen LogP contribution in [0.4, 0.5) is 26.3 Å². The van der Waals surface area contributed by atoms with Gasteiger partial charge in [0, 0.05) is 23.2 Å². The fourth-order valence-electron chi connectivity index (χ4n) is 4.48. The minimum atomic E-state index is -5.00. The first-order valence-corrected chi connectivity index (χ1v) is 11.3. The van der Waals surface area contributed by atoms with Gasteiger partial charge in [-0.15, -0.1) is 0 Å². The number of nitrogens with one attached hydrogen (secondary N) is 1. The van der Waals surface area contributed by atoms with E-state index in [4.69, 9.17) is 5.73 Å². The van der Waals surface area contributed by atoms with Crippen molar-refractivity contribution in [3.8, 4) is 0 Å². The van der Waals surface area contributed by atoms with Crippen LogP contribution >= 0.6 is 0 Å². The average Bonchev–Trinajstić information content (AvgIpc) is 3.07. The fraction of sp³-hybridized carbons (Fsp3) is 0.360. The summed E-state index contributed by atoms with van der Waals surface area (Å²) in [5.41, 5.74) is 3.20. The molecule has 0 unspecified atom stereocenters. The third-order valence-electron chi connectivity index (χ3n) is 6.34. The molecule has 36 heavy (non-hydrogen) atoms. The first kappa shape index (κ1) is 25.7. The summed E-state index contributed by atoms with van der Waals surface area (Å²) in [6.45, 7) is -0.600. The highest BCUT2D eigenvalue weighted by Gasteiger charge is 2.37. The number of benzene rings is 2. The van der Waals surface area contributed by atoms with Gasteiger partial charge < -0.3 is 16.2 Å². The molecular formula is C25H23F6N3O2. The maximum Gasteiger partial charge on any atom is 0.416 e. The zero-order valence-electron chi connectivity index (χ0n) is 18.9. The van der Waals surface area contributed by atoms with Crippen LogP contribution < -0.4 is 11.1 Å². The number of aliphatic hydroxyl groups excluding tert-OH is 1. The number of amidine groups is 1. The molecule has 2 aliphatic carbocycles. The molecule has 0 bridgehead atoms. The van der Waals surface area contributed by atoms with Crippen molar-refractivity contribution >= 4 is 17.4 Å². The molecule has 2 atom stereocenters. The first-order valence-electron chi connectivity index (χ1n) is 11.3. The number of carbonyl (C=O) groups excluding carboxylic acids is 1. The lowest BCUT2D eigenvalue weighted by atomic mass is 9.90. The number of ketones is 1. The number of nitrogens with two attached hydrogens (primary N) is 1. The topological polar surface area (TPSA) is 87.7 Å². The highest BCUT2D eigenvalue weighted by molar-refractivity contribution is 6.35. The van der Waals surface area contributed by atoms with Crippen LogP contribution in [0.2, 0.25) is 0 Å². The van der Waals surface area contributed by atoms with Crippen LogP contribution in [0, 0.1) is 0 Å². The van der Waals surface area contributed by atoms with Gasteiger partial charge in [0.15, 0.2) is 0 Å². The maximum atomic E-state index is 13.3. The van der Waals surface area contributed by atoms with Gasteiger partial charge in [-0.25, -0.2) is 0 Å². The van der Waals surface area contributed by atoms with E-state index in [1.807, 2.05) is 0 Å². The number of aliphatic hydroxyl groups is 1. The molecule has 0 aromatic heterocycles. The van der Waals surface area contributed by atoms with Crippen molar-refractivity contribution in [2.45, 2.75) is 56.7 Å². The summed E-state index contributed by atoms with van der Waals surface area (Å²) >= 11 is 0. The van der Waals surface area contributed by atoms with Crippen LogP contribution in [0.5, 0.6) is 0 Å². The van der Waals surface area contributed by atoms with E-state index < -0.39 is 35.8 Å². The molecule has 0 heterocycles. The lowest BCUT2D eigenvalue weighted by molar-refractivity contribution is -0.143. The molecule has 2 aliphatic rings. The van der Waals surface area contributed by atoms with Crippen molar-refractivity contribution in [3.05, 3.63) is 75.9 Å². The average molecular weight is 511 g/mol. The number of Topliss-reactive ketones (excluding diaryl/α,β-unsaturated/α-hetero) is 1. The predicted molar refractivity (Wildman–Crippen MR) is 121 cm³/mol. The van der Waals surface area contributed by atoms with Gasteiger partial charge in [0.05, 0.1) is 17.7 Å². The second kappa shape index (κ2) is 9.61. The number of alkyl halides is 6. The number of fused-ring (bicyclic) bond motifs is 1. The number of nitrogens with zero attached hydrogens (tertiary/aromatic N) is 1.